The van der Waals surface area contributed by atoms with E-state index in [0.717, 1.165) is 11.1 Å². The highest BCUT2D eigenvalue weighted by Gasteiger charge is 2.27. The molecule has 1 atom stereocenters. The minimum atomic E-state index is -0.244. The molecule has 1 heterocycles. The van der Waals surface area contributed by atoms with Crippen molar-refractivity contribution in [2.75, 3.05) is 26.2 Å². The summed E-state index contributed by atoms with van der Waals surface area (Å²) < 4.78 is 0. The number of halogens is 1. The summed E-state index contributed by atoms with van der Waals surface area (Å²) >= 11 is 6.15. The molecule has 0 aromatic heterocycles. The highest BCUT2D eigenvalue weighted by atomic mass is 35.5. The lowest BCUT2D eigenvalue weighted by Crippen LogP contribution is -2.55. The molecule has 3 rings (SSSR count). The van der Waals surface area contributed by atoms with Gasteiger partial charge in [-0.3, -0.25) is 14.5 Å². The van der Waals surface area contributed by atoms with Gasteiger partial charge in [-0.2, -0.15) is 0 Å². The second-order valence-electron chi connectivity index (χ2n) is 7.56. The zero-order chi connectivity index (χ0) is 20.8. The van der Waals surface area contributed by atoms with Crippen molar-refractivity contribution >= 4 is 23.4 Å². The van der Waals surface area contributed by atoms with Crippen LogP contribution in [-0.2, 0) is 22.6 Å². The van der Waals surface area contributed by atoms with E-state index in [4.69, 9.17) is 11.6 Å². The fourth-order valence-corrected chi connectivity index (χ4v) is 3.69. The minimum Gasteiger partial charge on any atom is -0.351 e. The van der Waals surface area contributed by atoms with Crippen LogP contribution < -0.4 is 5.32 Å². The Balaban J connectivity index is 1.45. The molecule has 0 radical (unpaired) electrons. The number of piperazine rings is 1. The lowest BCUT2D eigenvalue weighted by Gasteiger charge is -2.37. The van der Waals surface area contributed by atoms with Gasteiger partial charge in [0.1, 0.15) is 0 Å². The van der Waals surface area contributed by atoms with Gasteiger partial charge in [-0.05, 0) is 31.0 Å². The third kappa shape index (κ3) is 5.81. The quantitative estimate of drug-likeness (QED) is 0.791. The Labute approximate surface area is 177 Å². The third-order valence-corrected chi connectivity index (χ3v) is 5.85. The molecule has 5 nitrogen and oxygen atoms in total. The van der Waals surface area contributed by atoms with E-state index in [1.54, 1.807) is 0 Å². The van der Waals surface area contributed by atoms with Gasteiger partial charge < -0.3 is 10.2 Å². The molecule has 0 aliphatic carbocycles. The van der Waals surface area contributed by atoms with Gasteiger partial charge in [0.05, 0.1) is 12.5 Å². The van der Waals surface area contributed by atoms with E-state index in [1.165, 1.54) is 5.56 Å². The van der Waals surface area contributed by atoms with Crippen molar-refractivity contribution in [1.82, 2.24) is 15.1 Å². The fraction of sp³-hybridized carbons (Fsp3) is 0.391. The summed E-state index contributed by atoms with van der Waals surface area (Å²) in [6, 6.07) is 15.3. The van der Waals surface area contributed by atoms with Crippen LogP contribution >= 0.6 is 11.6 Å². The van der Waals surface area contributed by atoms with Crippen molar-refractivity contribution in [3.8, 4) is 0 Å². The van der Waals surface area contributed by atoms with Crippen LogP contribution in [0.5, 0.6) is 0 Å². The highest BCUT2D eigenvalue weighted by Crippen LogP contribution is 2.15. The molecule has 1 saturated heterocycles. The Hall–Kier alpha value is -2.37. The average molecular weight is 414 g/mol. The van der Waals surface area contributed by atoms with E-state index in [0.29, 0.717) is 44.2 Å². The number of hydrogen-bond acceptors (Lipinski definition) is 3. The number of amides is 2. The molecule has 2 aromatic rings. The predicted octanol–water partition coefficient (Wildman–Crippen LogP) is 3.04. The first-order valence-corrected chi connectivity index (χ1v) is 10.4. The van der Waals surface area contributed by atoms with Crippen LogP contribution in [0, 0.1) is 6.92 Å². The smallest absolute Gasteiger partial charge is 0.237 e. The molecular formula is C23H28ClN3O2. The van der Waals surface area contributed by atoms with Gasteiger partial charge in [-0.25, -0.2) is 0 Å². The van der Waals surface area contributed by atoms with Gasteiger partial charge in [0, 0.05) is 37.7 Å². The van der Waals surface area contributed by atoms with E-state index in [9.17, 15) is 9.59 Å². The highest BCUT2D eigenvalue weighted by molar-refractivity contribution is 6.31. The summed E-state index contributed by atoms with van der Waals surface area (Å²) in [6.07, 6.45) is 0.425. The maximum atomic E-state index is 12.6. The van der Waals surface area contributed by atoms with Crippen molar-refractivity contribution in [2.24, 2.45) is 0 Å². The monoisotopic (exact) mass is 413 g/mol. The van der Waals surface area contributed by atoms with E-state index < -0.39 is 0 Å². The minimum absolute atomic E-state index is 0.0237. The molecule has 0 saturated carbocycles. The van der Waals surface area contributed by atoms with Crippen LogP contribution in [0.25, 0.3) is 0 Å². The summed E-state index contributed by atoms with van der Waals surface area (Å²) in [7, 11) is 0. The van der Waals surface area contributed by atoms with Crippen LogP contribution in [0.4, 0.5) is 0 Å². The van der Waals surface area contributed by atoms with Crippen LogP contribution in [0.15, 0.2) is 48.5 Å². The maximum Gasteiger partial charge on any atom is 0.237 e. The van der Waals surface area contributed by atoms with Crippen LogP contribution in [0.2, 0.25) is 5.02 Å². The Bertz CT molecular complexity index is 845. The lowest BCUT2D eigenvalue weighted by molar-refractivity contribution is -0.133. The predicted molar refractivity (Wildman–Crippen MR) is 116 cm³/mol. The molecule has 0 spiro atoms. The lowest BCUT2D eigenvalue weighted by atomic mass is 10.1. The van der Waals surface area contributed by atoms with Gasteiger partial charge in [0.25, 0.3) is 0 Å². The molecule has 0 bridgehead atoms. The Morgan fingerprint density at radius 2 is 1.69 bits per heavy atom. The van der Waals surface area contributed by atoms with Crippen molar-refractivity contribution in [1.29, 1.82) is 0 Å². The molecule has 29 heavy (non-hydrogen) atoms. The van der Waals surface area contributed by atoms with Gasteiger partial charge in [-0.1, -0.05) is 59.6 Å². The summed E-state index contributed by atoms with van der Waals surface area (Å²) in [4.78, 5) is 29.1. The summed E-state index contributed by atoms with van der Waals surface area (Å²) in [6.45, 7) is 7.04. The second kappa shape index (κ2) is 9.90. The summed E-state index contributed by atoms with van der Waals surface area (Å²) in [5.74, 6) is 0.119. The Kier molecular flexibility index (Phi) is 7.29. The first-order valence-electron chi connectivity index (χ1n) is 10.0. The van der Waals surface area contributed by atoms with E-state index in [1.807, 2.05) is 67.3 Å². The number of hydrogen-bond donors (Lipinski definition) is 1. The molecule has 154 valence electrons. The van der Waals surface area contributed by atoms with Crippen molar-refractivity contribution in [3.05, 3.63) is 70.2 Å². The van der Waals surface area contributed by atoms with E-state index in [-0.39, 0.29) is 17.9 Å². The number of nitrogens with one attached hydrogen (secondary N) is 1. The molecule has 2 amide bonds. The number of aryl methyl sites for hydroxylation is 1. The Morgan fingerprint density at radius 1 is 1.03 bits per heavy atom. The van der Waals surface area contributed by atoms with Crippen molar-refractivity contribution in [3.63, 3.8) is 0 Å². The average Bonchev–Trinajstić information content (AvgIpc) is 2.74. The summed E-state index contributed by atoms with van der Waals surface area (Å²) in [5, 5.41) is 3.62. The van der Waals surface area contributed by atoms with Gasteiger partial charge in [0.15, 0.2) is 0 Å². The van der Waals surface area contributed by atoms with Crippen LogP contribution in [0.1, 0.15) is 23.6 Å². The zero-order valence-corrected chi connectivity index (χ0v) is 17.8. The molecular weight excluding hydrogens is 386 g/mol. The first-order chi connectivity index (χ1) is 13.9. The molecule has 1 aliphatic heterocycles. The number of benzene rings is 2. The van der Waals surface area contributed by atoms with Gasteiger partial charge >= 0.3 is 0 Å². The molecule has 1 N–H and O–H groups in total. The van der Waals surface area contributed by atoms with E-state index >= 15 is 0 Å². The largest absolute Gasteiger partial charge is 0.351 e. The van der Waals surface area contributed by atoms with E-state index in [2.05, 4.69) is 10.2 Å². The zero-order valence-electron chi connectivity index (χ0n) is 17.0. The fourth-order valence-electron chi connectivity index (χ4n) is 3.49. The molecule has 6 heteroatoms. The number of nitrogens with zero attached hydrogens (tertiary/aromatic N) is 2. The Morgan fingerprint density at radius 3 is 2.34 bits per heavy atom. The van der Waals surface area contributed by atoms with Crippen LogP contribution in [-0.4, -0.2) is 53.8 Å². The third-order valence-electron chi connectivity index (χ3n) is 5.48. The SMILES string of the molecule is Cc1ccc(CC(=O)N2CCN(C(C)C(=O)NCc3ccccc3Cl)CC2)cc1. The van der Waals surface area contributed by atoms with Gasteiger partial charge in [-0.15, -0.1) is 0 Å². The van der Waals surface area contributed by atoms with Crippen molar-refractivity contribution < 1.29 is 9.59 Å². The molecule has 2 aromatic carbocycles. The van der Waals surface area contributed by atoms with Crippen LogP contribution in [0.3, 0.4) is 0 Å². The number of carbonyl (C=O) groups excluding carboxylic acids is 2. The molecule has 1 unspecified atom stereocenters. The van der Waals surface area contributed by atoms with Gasteiger partial charge in [0.2, 0.25) is 11.8 Å². The molecule has 1 fully saturated rings. The maximum absolute atomic E-state index is 12.6. The van der Waals surface area contributed by atoms with Crippen molar-refractivity contribution in [2.45, 2.75) is 32.9 Å². The number of carbonyl (C=O) groups is 2. The molecule has 1 aliphatic rings. The standard InChI is InChI=1S/C23H28ClN3O2/c1-17-7-9-19(10-8-17)15-22(28)27-13-11-26(12-14-27)18(2)23(29)25-16-20-5-3-4-6-21(20)24/h3-10,18H,11-16H2,1-2H3,(H,25,29). The number of rotatable bonds is 6. The second-order valence-corrected chi connectivity index (χ2v) is 7.97. The summed E-state index contributed by atoms with van der Waals surface area (Å²) in [5.41, 5.74) is 3.13. The normalized spacial score (nSPS) is 15.8. The first kappa shape index (κ1) is 21.3. The topological polar surface area (TPSA) is 52.7 Å².